The van der Waals surface area contributed by atoms with Crippen molar-refractivity contribution in [1.82, 2.24) is 5.32 Å². The van der Waals surface area contributed by atoms with Crippen molar-refractivity contribution in [2.75, 3.05) is 5.32 Å². The minimum Gasteiger partial charge on any atom is -0.444 e. The van der Waals surface area contributed by atoms with E-state index in [-0.39, 0.29) is 0 Å². The van der Waals surface area contributed by atoms with Gasteiger partial charge in [-0.1, -0.05) is 18.2 Å². The summed E-state index contributed by atoms with van der Waals surface area (Å²) in [5.41, 5.74) is 2.75. The number of para-hydroxylation sites is 1. The number of benzene rings is 1. The van der Waals surface area contributed by atoms with Gasteiger partial charge in [0.1, 0.15) is 5.60 Å². The first-order chi connectivity index (χ1) is 10.8. The summed E-state index contributed by atoms with van der Waals surface area (Å²) in [4.78, 5) is 11.8. The van der Waals surface area contributed by atoms with E-state index in [1.54, 1.807) is 11.3 Å². The molecule has 1 aromatic carbocycles. The second-order valence-electron chi connectivity index (χ2n) is 6.13. The fraction of sp³-hybridized carbons (Fsp3) is 0.353. The average molecular weight is 397 g/mol. The first-order valence-corrected chi connectivity index (χ1v) is 9.02. The molecule has 0 radical (unpaired) electrons. The third-order valence-electron chi connectivity index (χ3n) is 2.94. The lowest BCUT2D eigenvalue weighted by Gasteiger charge is -2.20. The topological polar surface area (TPSA) is 50.4 Å². The van der Waals surface area contributed by atoms with E-state index in [1.165, 1.54) is 5.56 Å². The summed E-state index contributed by atoms with van der Waals surface area (Å²) in [5, 5.41) is 8.31. The molecule has 4 nitrogen and oxygen atoms in total. The molecule has 1 aromatic heterocycles. The van der Waals surface area contributed by atoms with E-state index in [2.05, 4.69) is 38.0 Å². The molecule has 2 aromatic rings. The van der Waals surface area contributed by atoms with Gasteiger partial charge in [-0.2, -0.15) is 0 Å². The van der Waals surface area contributed by atoms with E-state index in [0.29, 0.717) is 6.54 Å². The van der Waals surface area contributed by atoms with Gasteiger partial charge in [0.25, 0.3) is 0 Å². The molecule has 6 heteroatoms. The van der Waals surface area contributed by atoms with E-state index in [9.17, 15) is 4.79 Å². The Balaban J connectivity index is 1.93. The number of amides is 1. The van der Waals surface area contributed by atoms with Gasteiger partial charge >= 0.3 is 6.09 Å². The highest BCUT2D eigenvalue weighted by atomic mass is 79.9. The molecule has 23 heavy (non-hydrogen) atoms. The Morgan fingerprint density at radius 1 is 1.26 bits per heavy atom. The van der Waals surface area contributed by atoms with Crippen molar-refractivity contribution < 1.29 is 9.53 Å². The first-order valence-electron chi connectivity index (χ1n) is 7.35. The molecular weight excluding hydrogens is 376 g/mol. The van der Waals surface area contributed by atoms with Crippen molar-refractivity contribution in [3.8, 4) is 0 Å². The van der Waals surface area contributed by atoms with Gasteiger partial charge in [-0.15, -0.1) is 11.3 Å². The number of carbonyl (C=O) groups excluding carboxylic acids is 1. The zero-order chi connectivity index (χ0) is 16.9. The number of halogens is 1. The number of alkyl carbamates (subject to hydrolysis) is 1. The van der Waals surface area contributed by atoms with Crippen molar-refractivity contribution in [2.24, 2.45) is 0 Å². The van der Waals surface area contributed by atoms with Crippen LogP contribution < -0.4 is 10.6 Å². The van der Waals surface area contributed by atoms with Crippen LogP contribution in [0.4, 0.5) is 10.5 Å². The zero-order valence-electron chi connectivity index (χ0n) is 13.5. The zero-order valence-corrected chi connectivity index (χ0v) is 15.9. The molecule has 0 aliphatic carbocycles. The fourth-order valence-electron chi connectivity index (χ4n) is 1.96. The molecule has 0 spiro atoms. The quantitative estimate of drug-likeness (QED) is 0.734. The Morgan fingerprint density at radius 2 is 2.00 bits per heavy atom. The van der Waals surface area contributed by atoms with Gasteiger partial charge in [0.15, 0.2) is 0 Å². The standard InChI is InChI=1S/C17H21BrN2O2S/c1-17(2,3)22-16(21)20-10-13-6-4-5-7-14(13)19-9-12-8-15(18)23-11-12/h4-8,11,19H,9-10H2,1-3H3,(H,20,21). The Bertz CT molecular complexity index is 665. The molecule has 0 atom stereocenters. The molecule has 0 fully saturated rings. The molecule has 1 amide bonds. The molecule has 0 aliphatic heterocycles. The van der Waals surface area contributed by atoms with Gasteiger partial charge in [0.05, 0.1) is 3.79 Å². The maximum atomic E-state index is 11.8. The van der Waals surface area contributed by atoms with Crippen LogP contribution in [0.1, 0.15) is 31.9 Å². The third kappa shape index (κ3) is 6.23. The van der Waals surface area contributed by atoms with Crippen LogP contribution >= 0.6 is 27.3 Å². The van der Waals surface area contributed by atoms with Gasteiger partial charge in [-0.3, -0.25) is 0 Å². The first kappa shape index (κ1) is 17.8. The minimum absolute atomic E-state index is 0.408. The molecule has 0 aliphatic rings. The van der Waals surface area contributed by atoms with Crippen LogP contribution in [0, 0.1) is 0 Å². The minimum atomic E-state index is -0.492. The van der Waals surface area contributed by atoms with Crippen molar-refractivity contribution in [3.05, 3.63) is 50.6 Å². The highest BCUT2D eigenvalue weighted by molar-refractivity contribution is 9.11. The summed E-state index contributed by atoms with van der Waals surface area (Å²) >= 11 is 5.13. The predicted octanol–water partition coefficient (Wildman–Crippen LogP) is 5.15. The van der Waals surface area contributed by atoms with Gasteiger partial charge in [0, 0.05) is 18.8 Å². The number of hydrogen-bond acceptors (Lipinski definition) is 4. The van der Waals surface area contributed by atoms with Crippen LogP contribution in [0.25, 0.3) is 0 Å². The SMILES string of the molecule is CC(C)(C)OC(=O)NCc1ccccc1NCc1csc(Br)c1. The van der Waals surface area contributed by atoms with Crippen LogP contribution in [-0.4, -0.2) is 11.7 Å². The third-order valence-corrected chi connectivity index (χ3v) is 4.50. The van der Waals surface area contributed by atoms with Crippen molar-refractivity contribution in [3.63, 3.8) is 0 Å². The lowest BCUT2D eigenvalue weighted by Crippen LogP contribution is -2.32. The number of hydrogen-bond donors (Lipinski definition) is 2. The van der Waals surface area contributed by atoms with Crippen LogP contribution in [0.2, 0.25) is 0 Å². The number of nitrogens with one attached hydrogen (secondary N) is 2. The van der Waals surface area contributed by atoms with Gasteiger partial charge in [-0.25, -0.2) is 4.79 Å². The highest BCUT2D eigenvalue weighted by Gasteiger charge is 2.16. The molecule has 0 saturated carbocycles. The lowest BCUT2D eigenvalue weighted by atomic mass is 10.1. The largest absolute Gasteiger partial charge is 0.444 e. The smallest absolute Gasteiger partial charge is 0.407 e. The van der Waals surface area contributed by atoms with Gasteiger partial charge < -0.3 is 15.4 Å². The van der Waals surface area contributed by atoms with Crippen molar-refractivity contribution >= 4 is 39.0 Å². The Labute approximate surface area is 149 Å². The summed E-state index contributed by atoms with van der Waals surface area (Å²) in [6.07, 6.45) is -0.408. The van der Waals surface area contributed by atoms with Crippen LogP contribution in [0.3, 0.4) is 0 Å². The molecule has 0 bridgehead atoms. The number of thiophene rings is 1. The van der Waals surface area contributed by atoms with Crippen LogP contribution in [0.15, 0.2) is 39.5 Å². The van der Waals surface area contributed by atoms with Gasteiger partial charge in [0.2, 0.25) is 0 Å². The summed E-state index contributed by atoms with van der Waals surface area (Å²) in [7, 11) is 0. The van der Waals surface area contributed by atoms with Crippen LogP contribution in [-0.2, 0) is 17.8 Å². The van der Waals surface area contributed by atoms with Crippen molar-refractivity contribution in [2.45, 2.75) is 39.5 Å². The number of anilines is 1. The van der Waals surface area contributed by atoms with Crippen molar-refractivity contribution in [1.29, 1.82) is 0 Å². The summed E-state index contributed by atoms with van der Waals surface area (Å²) in [6, 6.07) is 10.0. The van der Waals surface area contributed by atoms with E-state index in [1.807, 2.05) is 45.0 Å². The van der Waals surface area contributed by atoms with E-state index in [0.717, 1.165) is 21.6 Å². The van der Waals surface area contributed by atoms with E-state index in [4.69, 9.17) is 4.74 Å². The fourth-order valence-corrected chi connectivity index (χ4v) is 3.17. The monoisotopic (exact) mass is 396 g/mol. The second kappa shape index (κ2) is 7.84. The Morgan fingerprint density at radius 3 is 2.65 bits per heavy atom. The van der Waals surface area contributed by atoms with E-state index >= 15 is 0 Å². The Hall–Kier alpha value is -1.53. The summed E-state index contributed by atoms with van der Waals surface area (Å²) in [6.45, 7) is 6.71. The highest BCUT2D eigenvalue weighted by Crippen LogP contribution is 2.22. The van der Waals surface area contributed by atoms with Crippen LogP contribution in [0.5, 0.6) is 0 Å². The summed E-state index contributed by atoms with van der Waals surface area (Å²) in [5.74, 6) is 0. The molecular formula is C17H21BrN2O2S. The Kier molecular flexibility index (Phi) is 6.07. The maximum Gasteiger partial charge on any atom is 0.407 e. The lowest BCUT2D eigenvalue weighted by molar-refractivity contribution is 0.0523. The van der Waals surface area contributed by atoms with Gasteiger partial charge in [-0.05, 0) is 65.3 Å². The maximum absolute atomic E-state index is 11.8. The number of carbonyl (C=O) groups is 1. The second-order valence-corrected chi connectivity index (χ2v) is 8.42. The molecule has 0 unspecified atom stereocenters. The molecule has 124 valence electrons. The predicted molar refractivity (Wildman–Crippen MR) is 98.9 cm³/mol. The number of rotatable bonds is 5. The van der Waals surface area contributed by atoms with E-state index < -0.39 is 11.7 Å². The molecule has 2 N–H and O–H groups in total. The molecule has 0 saturated heterocycles. The molecule has 1 heterocycles. The normalized spacial score (nSPS) is 11.1. The number of ether oxygens (including phenoxy) is 1. The molecule has 2 rings (SSSR count). The summed E-state index contributed by atoms with van der Waals surface area (Å²) < 4.78 is 6.38. The average Bonchev–Trinajstić information content (AvgIpc) is 2.87.